The zero-order valence-corrected chi connectivity index (χ0v) is 9.59. The molecule has 1 nitrogen and oxygen atoms in total. The van der Waals surface area contributed by atoms with Crippen molar-refractivity contribution in [1.82, 2.24) is 5.32 Å². The van der Waals surface area contributed by atoms with Crippen molar-refractivity contribution in [2.75, 3.05) is 13.1 Å². The number of hydrogen-bond donors (Lipinski definition) is 1. The predicted octanol–water partition coefficient (Wildman–Crippen LogP) is 2.93. The molecule has 1 atom stereocenters. The van der Waals surface area contributed by atoms with Crippen LogP contribution >= 0.6 is 0 Å². The van der Waals surface area contributed by atoms with Gasteiger partial charge in [-0.2, -0.15) is 0 Å². The Kier molecular flexibility index (Phi) is 3.22. The van der Waals surface area contributed by atoms with Crippen LogP contribution in [0.4, 0.5) is 0 Å². The van der Waals surface area contributed by atoms with Crippen LogP contribution in [0.5, 0.6) is 0 Å². The lowest BCUT2D eigenvalue weighted by atomic mass is 10.00. The SMILES string of the molecule is Cc1cccc(C)c1/C=C/C1CCNC1. The second-order valence-corrected chi connectivity index (χ2v) is 4.42. The molecule has 1 aliphatic heterocycles. The van der Waals surface area contributed by atoms with E-state index in [1.165, 1.54) is 29.7 Å². The second-order valence-electron chi connectivity index (χ2n) is 4.42. The van der Waals surface area contributed by atoms with Gasteiger partial charge < -0.3 is 5.32 Å². The number of rotatable bonds is 2. The van der Waals surface area contributed by atoms with Crippen LogP contribution in [-0.4, -0.2) is 13.1 Å². The third-order valence-corrected chi connectivity index (χ3v) is 3.18. The quantitative estimate of drug-likeness (QED) is 0.775. The molecule has 2 rings (SSSR count). The summed E-state index contributed by atoms with van der Waals surface area (Å²) in [6.07, 6.45) is 5.93. The molecule has 0 spiro atoms. The van der Waals surface area contributed by atoms with E-state index in [2.05, 4.69) is 49.5 Å². The van der Waals surface area contributed by atoms with E-state index in [-0.39, 0.29) is 0 Å². The average molecular weight is 201 g/mol. The van der Waals surface area contributed by atoms with E-state index in [0.29, 0.717) is 0 Å². The molecule has 80 valence electrons. The minimum absolute atomic E-state index is 0.726. The molecule has 1 N–H and O–H groups in total. The van der Waals surface area contributed by atoms with Crippen LogP contribution < -0.4 is 5.32 Å². The van der Waals surface area contributed by atoms with Gasteiger partial charge in [-0.1, -0.05) is 30.4 Å². The Morgan fingerprint density at radius 2 is 2.00 bits per heavy atom. The summed E-state index contributed by atoms with van der Waals surface area (Å²) in [6, 6.07) is 6.48. The van der Waals surface area contributed by atoms with Crippen molar-refractivity contribution < 1.29 is 0 Å². The highest BCUT2D eigenvalue weighted by Crippen LogP contribution is 2.17. The van der Waals surface area contributed by atoms with E-state index >= 15 is 0 Å². The molecule has 0 bridgehead atoms. The van der Waals surface area contributed by atoms with Crippen LogP contribution in [0.2, 0.25) is 0 Å². The van der Waals surface area contributed by atoms with Gasteiger partial charge in [0, 0.05) is 6.54 Å². The van der Waals surface area contributed by atoms with Gasteiger partial charge in [-0.3, -0.25) is 0 Å². The molecule has 1 fully saturated rings. The van der Waals surface area contributed by atoms with Gasteiger partial charge in [-0.05, 0) is 49.4 Å². The molecule has 1 unspecified atom stereocenters. The Morgan fingerprint density at radius 3 is 2.60 bits per heavy atom. The highest BCUT2D eigenvalue weighted by molar-refractivity contribution is 5.57. The second kappa shape index (κ2) is 4.63. The minimum atomic E-state index is 0.726. The van der Waals surface area contributed by atoms with E-state index in [1.807, 2.05) is 0 Å². The largest absolute Gasteiger partial charge is 0.316 e. The van der Waals surface area contributed by atoms with Crippen LogP contribution in [0.3, 0.4) is 0 Å². The highest BCUT2D eigenvalue weighted by Gasteiger charge is 2.10. The lowest BCUT2D eigenvalue weighted by molar-refractivity contribution is 0.731. The van der Waals surface area contributed by atoms with Gasteiger partial charge in [0.2, 0.25) is 0 Å². The van der Waals surface area contributed by atoms with Crippen molar-refractivity contribution >= 4 is 6.08 Å². The summed E-state index contributed by atoms with van der Waals surface area (Å²) >= 11 is 0. The minimum Gasteiger partial charge on any atom is -0.316 e. The molecule has 15 heavy (non-hydrogen) atoms. The highest BCUT2D eigenvalue weighted by atomic mass is 14.9. The first-order valence-corrected chi connectivity index (χ1v) is 5.72. The predicted molar refractivity (Wildman–Crippen MR) is 65.9 cm³/mol. The molecule has 0 saturated carbocycles. The lowest BCUT2D eigenvalue weighted by Crippen LogP contribution is -2.07. The van der Waals surface area contributed by atoms with E-state index in [1.54, 1.807) is 0 Å². The summed E-state index contributed by atoms with van der Waals surface area (Å²) in [5, 5.41) is 3.39. The first-order valence-electron chi connectivity index (χ1n) is 5.72. The Bertz CT molecular complexity index is 339. The summed E-state index contributed by atoms with van der Waals surface area (Å²) < 4.78 is 0. The van der Waals surface area contributed by atoms with Crippen LogP contribution in [0.25, 0.3) is 6.08 Å². The Labute approximate surface area is 92.2 Å². The van der Waals surface area contributed by atoms with Crippen molar-refractivity contribution in [2.45, 2.75) is 20.3 Å². The van der Waals surface area contributed by atoms with Crippen LogP contribution in [0.15, 0.2) is 24.3 Å². The van der Waals surface area contributed by atoms with Crippen LogP contribution in [-0.2, 0) is 0 Å². The fraction of sp³-hybridized carbons (Fsp3) is 0.429. The number of nitrogens with one attached hydrogen (secondary N) is 1. The smallest absolute Gasteiger partial charge is 0.00148 e. The molecule has 1 aromatic carbocycles. The summed E-state index contributed by atoms with van der Waals surface area (Å²) in [4.78, 5) is 0. The molecule has 0 aromatic heterocycles. The fourth-order valence-electron chi connectivity index (χ4n) is 2.16. The van der Waals surface area contributed by atoms with E-state index < -0.39 is 0 Å². The molecule has 1 heterocycles. The maximum Gasteiger partial charge on any atom is 0.00148 e. The standard InChI is InChI=1S/C14H19N/c1-11-4-3-5-12(2)14(11)7-6-13-8-9-15-10-13/h3-7,13,15H,8-10H2,1-2H3/b7-6+. The Balaban J connectivity index is 2.15. The first kappa shape index (κ1) is 10.4. The zero-order chi connectivity index (χ0) is 10.7. The van der Waals surface area contributed by atoms with Gasteiger partial charge in [0.05, 0.1) is 0 Å². The summed E-state index contributed by atoms with van der Waals surface area (Å²) in [5.74, 6) is 0.726. The zero-order valence-electron chi connectivity index (χ0n) is 9.59. The average Bonchev–Trinajstić information content (AvgIpc) is 2.70. The third kappa shape index (κ3) is 2.48. The summed E-state index contributed by atoms with van der Waals surface area (Å²) in [5.41, 5.74) is 4.14. The molecule has 1 heteroatoms. The maximum absolute atomic E-state index is 3.39. The van der Waals surface area contributed by atoms with Gasteiger partial charge in [-0.25, -0.2) is 0 Å². The van der Waals surface area contributed by atoms with E-state index in [9.17, 15) is 0 Å². The molecular formula is C14H19N. The fourth-order valence-corrected chi connectivity index (χ4v) is 2.16. The van der Waals surface area contributed by atoms with Gasteiger partial charge in [-0.15, -0.1) is 0 Å². The topological polar surface area (TPSA) is 12.0 Å². The van der Waals surface area contributed by atoms with Gasteiger partial charge in [0.1, 0.15) is 0 Å². The number of aryl methyl sites for hydroxylation is 2. The normalized spacial score (nSPS) is 21.3. The van der Waals surface area contributed by atoms with Crippen LogP contribution in [0.1, 0.15) is 23.1 Å². The Morgan fingerprint density at radius 1 is 1.27 bits per heavy atom. The Hall–Kier alpha value is -1.08. The molecule has 0 aliphatic carbocycles. The van der Waals surface area contributed by atoms with Crippen molar-refractivity contribution in [3.8, 4) is 0 Å². The van der Waals surface area contributed by atoms with E-state index in [0.717, 1.165) is 12.5 Å². The summed E-state index contributed by atoms with van der Waals surface area (Å²) in [7, 11) is 0. The van der Waals surface area contributed by atoms with E-state index in [4.69, 9.17) is 0 Å². The summed E-state index contributed by atoms with van der Waals surface area (Å²) in [6.45, 7) is 6.67. The monoisotopic (exact) mass is 201 g/mol. The maximum atomic E-state index is 3.39. The van der Waals surface area contributed by atoms with Gasteiger partial charge in [0.15, 0.2) is 0 Å². The molecular weight excluding hydrogens is 182 g/mol. The van der Waals surface area contributed by atoms with Crippen molar-refractivity contribution in [3.05, 3.63) is 41.0 Å². The molecule has 0 radical (unpaired) electrons. The lowest BCUT2D eigenvalue weighted by Gasteiger charge is -2.05. The molecule has 1 aromatic rings. The van der Waals surface area contributed by atoms with Crippen molar-refractivity contribution in [1.29, 1.82) is 0 Å². The third-order valence-electron chi connectivity index (χ3n) is 3.18. The van der Waals surface area contributed by atoms with Gasteiger partial charge in [0.25, 0.3) is 0 Å². The first-order chi connectivity index (χ1) is 7.27. The van der Waals surface area contributed by atoms with Crippen LogP contribution in [0, 0.1) is 19.8 Å². The molecule has 0 amide bonds. The van der Waals surface area contributed by atoms with Gasteiger partial charge >= 0.3 is 0 Å². The van der Waals surface area contributed by atoms with Crippen molar-refractivity contribution in [3.63, 3.8) is 0 Å². The molecule has 1 aliphatic rings. The number of hydrogen-bond acceptors (Lipinski definition) is 1. The van der Waals surface area contributed by atoms with Crippen molar-refractivity contribution in [2.24, 2.45) is 5.92 Å². The number of benzene rings is 1. The molecule has 1 saturated heterocycles.